The number of carbonyl (C=O) groups excluding carboxylic acids is 6. The van der Waals surface area contributed by atoms with Crippen molar-refractivity contribution >= 4 is 35.5 Å². The van der Waals surface area contributed by atoms with E-state index >= 15 is 0 Å². The van der Waals surface area contributed by atoms with E-state index in [2.05, 4.69) is 41.7 Å². The first kappa shape index (κ1) is 35.4. The van der Waals surface area contributed by atoms with E-state index in [0.717, 1.165) is 19.3 Å². The van der Waals surface area contributed by atoms with Crippen LogP contribution >= 0.6 is 0 Å². The number of hydrogen-bond donors (Lipinski definition) is 4. The summed E-state index contributed by atoms with van der Waals surface area (Å²) >= 11 is 0. The monoisotopic (exact) mass is 643 g/mol. The van der Waals surface area contributed by atoms with E-state index in [1.54, 1.807) is 17.9 Å². The van der Waals surface area contributed by atoms with E-state index in [0.29, 0.717) is 24.8 Å². The van der Waals surface area contributed by atoms with E-state index in [4.69, 9.17) is 4.74 Å². The topological polar surface area (TPSA) is 163 Å². The third-order valence-corrected chi connectivity index (χ3v) is 10.6. The molecule has 1 aliphatic heterocycles. The molecule has 0 aromatic rings. The van der Waals surface area contributed by atoms with Crippen molar-refractivity contribution in [1.82, 2.24) is 26.2 Å². The smallest absolute Gasteiger partial charge is 0.315 e. The highest BCUT2D eigenvalue weighted by atomic mass is 16.5. The van der Waals surface area contributed by atoms with Gasteiger partial charge < -0.3 is 30.9 Å². The Kier molecular flexibility index (Phi) is 10.9. The molecule has 46 heavy (non-hydrogen) atoms. The van der Waals surface area contributed by atoms with Crippen LogP contribution in [0.15, 0.2) is 12.7 Å². The van der Waals surface area contributed by atoms with E-state index in [1.807, 2.05) is 20.8 Å². The van der Waals surface area contributed by atoms with Crippen molar-refractivity contribution in [3.05, 3.63) is 12.7 Å². The van der Waals surface area contributed by atoms with Crippen LogP contribution in [-0.4, -0.2) is 84.3 Å². The Morgan fingerprint density at radius 2 is 1.78 bits per heavy atom. The van der Waals surface area contributed by atoms with Gasteiger partial charge in [-0.3, -0.25) is 24.0 Å². The SMILES string of the molecule is C=CCCC(NC(=O)[C@@H]1[C@@H]2C(CN1C(=O)[C@@H](NC(=O)NC1CC3CCC1C3)C(C)(C)C)C2(C)C)C(=O)C(=O)NCCC(=O)OCC. The van der Waals surface area contributed by atoms with Crippen molar-refractivity contribution in [3.8, 4) is 0 Å². The number of fused-ring (bicyclic) bond motifs is 3. The fourth-order valence-corrected chi connectivity index (χ4v) is 7.96. The van der Waals surface area contributed by atoms with Crippen LogP contribution in [0.4, 0.5) is 4.79 Å². The van der Waals surface area contributed by atoms with Crippen molar-refractivity contribution in [3.63, 3.8) is 0 Å². The molecule has 12 heteroatoms. The third kappa shape index (κ3) is 7.74. The number of allylic oxidation sites excluding steroid dienone is 1. The number of nitrogens with zero attached hydrogens (tertiary/aromatic N) is 1. The predicted octanol–water partition coefficient (Wildman–Crippen LogP) is 2.46. The van der Waals surface area contributed by atoms with E-state index < -0.39 is 47.1 Å². The Bertz CT molecular complexity index is 1230. The molecular formula is C34H53N5O7. The average Bonchev–Trinajstić information content (AvgIpc) is 3.49. The van der Waals surface area contributed by atoms with Crippen LogP contribution in [0.5, 0.6) is 0 Å². The lowest BCUT2D eigenvalue weighted by molar-refractivity contribution is -0.145. The Morgan fingerprint density at radius 1 is 1.07 bits per heavy atom. The van der Waals surface area contributed by atoms with Crippen molar-refractivity contribution in [2.24, 2.45) is 34.5 Å². The number of urea groups is 1. The maximum atomic E-state index is 14.2. The first-order chi connectivity index (χ1) is 21.6. The molecule has 0 radical (unpaired) electrons. The molecule has 0 spiro atoms. The number of nitrogens with one attached hydrogen (secondary N) is 4. The lowest BCUT2D eigenvalue weighted by Gasteiger charge is -2.38. The maximum Gasteiger partial charge on any atom is 0.315 e. The van der Waals surface area contributed by atoms with Crippen molar-refractivity contribution in [2.45, 2.75) is 111 Å². The number of ether oxygens (including phenoxy) is 1. The summed E-state index contributed by atoms with van der Waals surface area (Å²) in [6, 6.07) is -3.15. The first-order valence-corrected chi connectivity index (χ1v) is 16.9. The van der Waals surface area contributed by atoms with Crippen molar-refractivity contribution in [1.29, 1.82) is 0 Å². The van der Waals surface area contributed by atoms with Gasteiger partial charge in [0.25, 0.3) is 5.91 Å². The van der Waals surface area contributed by atoms with E-state index in [-0.39, 0.29) is 61.2 Å². The Hall–Kier alpha value is -3.44. The van der Waals surface area contributed by atoms with Gasteiger partial charge in [0.1, 0.15) is 12.1 Å². The summed E-state index contributed by atoms with van der Waals surface area (Å²) in [5.74, 6) is -2.00. The lowest BCUT2D eigenvalue weighted by Crippen LogP contribution is -2.62. The van der Waals surface area contributed by atoms with Crippen molar-refractivity contribution < 1.29 is 33.5 Å². The van der Waals surface area contributed by atoms with E-state index in [9.17, 15) is 28.8 Å². The van der Waals surface area contributed by atoms with Crippen LogP contribution in [-0.2, 0) is 28.7 Å². The number of amides is 5. The Morgan fingerprint density at radius 3 is 2.37 bits per heavy atom. The molecule has 3 aliphatic carbocycles. The van der Waals surface area contributed by atoms with Crippen LogP contribution in [0.1, 0.15) is 86.5 Å². The largest absolute Gasteiger partial charge is 0.466 e. The van der Waals surface area contributed by atoms with Gasteiger partial charge in [0.15, 0.2) is 0 Å². The molecule has 4 N–H and O–H groups in total. The quantitative estimate of drug-likeness (QED) is 0.128. The number of rotatable bonds is 14. The average molecular weight is 644 g/mol. The van der Waals surface area contributed by atoms with Crippen LogP contribution < -0.4 is 21.3 Å². The molecule has 1 saturated heterocycles. The number of ketones is 1. The molecule has 4 aliphatic rings. The first-order valence-electron chi connectivity index (χ1n) is 16.9. The molecule has 1 heterocycles. The molecule has 4 rings (SSSR count). The number of carbonyl (C=O) groups is 6. The lowest BCUT2D eigenvalue weighted by atomic mass is 9.85. The highest BCUT2D eigenvalue weighted by Gasteiger charge is 2.70. The summed E-state index contributed by atoms with van der Waals surface area (Å²) in [7, 11) is 0. The van der Waals surface area contributed by atoms with Gasteiger partial charge in [0, 0.05) is 19.1 Å². The second-order valence-corrected chi connectivity index (χ2v) is 15.2. The van der Waals surface area contributed by atoms with E-state index in [1.165, 1.54) is 6.42 Å². The minimum Gasteiger partial charge on any atom is -0.466 e. The number of piperidine rings is 1. The van der Waals surface area contributed by atoms with Gasteiger partial charge in [-0.1, -0.05) is 47.1 Å². The second kappa shape index (κ2) is 14.1. The number of Topliss-reactive ketones (excluding diaryl/α,β-unsaturated/α-hetero) is 1. The molecule has 12 nitrogen and oxygen atoms in total. The number of esters is 1. The van der Waals surface area contributed by atoms with Crippen LogP contribution in [0.3, 0.4) is 0 Å². The zero-order valence-electron chi connectivity index (χ0n) is 28.3. The van der Waals surface area contributed by atoms with Gasteiger partial charge in [-0.2, -0.15) is 0 Å². The molecular weight excluding hydrogens is 590 g/mol. The van der Waals surface area contributed by atoms with Gasteiger partial charge in [-0.15, -0.1) is 6.58 Å². The molecule has 2 bridgehead atoms. The maximum absolute atomic E-state index is 14.2. The molecule has 0 aromatic heterocycles. The minimum absolute atomic E-state index is 0.0782. The normalized spacial score (nSPS) is 28.3. The fraction of sp³-hybridized carbons (Fsp3) is 0.765. The zero-order valence-corrected chi connectivity index (χ0v) is 28.3. The second-order valence-electron chi connectivity index (χ2n) is 15.2. The third-order valence-electron chi connectivity index (χ3n) is 10.6. The molecule has 0 aromatic carbocycles. The van der Waals surface area contributed by atoms with Crippen LogP contribution in [0.25, 0.3) is 0 Å². The summed E-state index contributed by atoms with van der Waals surface area (Å²) < 4.78 is 4.85. The summed E-state index contributed by atoms with van der Waals surface area (Å²) in [6.07, 6.45) is 6.46. The van der Waals surface area contributed by atoms with Gasteiger partial charge in [-0.25, -0.2) is 4.79 Å². The summed E-state index contributed by atoms with van der Waals surface area (Å²) in [4.78, 5) is 80.5. The van der Waals surface area contributed by atoms with Gasteiger partial charge in [0.05, 0.1) is 19.1 Å². The highest BCUT2D eigenvalue weighted by Crippen LogP contribution is 2.65. The molecule has 4 fully saturated rings. The Labute approximate surface area is 272 Å². The summed E-state index contributed by atoms with van der Waals surface area (Å²) in [5.41, 5.74) is -0.829. The molecule has 3 saturated carbocycles. The van der Waals surface area contributed by atoms with Crippen LogP contribution in [0.2, 0.25) is 0 Å². The number of hydrogen-bond acceptors (Lipinski definition) is 7. The molecule has 8 atom stereocenters. The van der Waals surface area contributed by atoms with Gasteiger partial charge in [0.2, 0.25) is 17.6 Å². The predicted molar refractivity (Wildman–Crippen MR) is 171 cm³/mol. The molecule has 256 valence electrons. The minimum atomic E-state index is -1.14. The van der Waals surface area contributed by atoms with Gasteiger partial charge in [-0.05, 0) is 73.5 Å². The zero-order chi connectivity index (χ0) is 34.0. The summed E-state index contributed by atoms with van der Waals surface area (Å²) in [6.45, 7) is 15.6. The standard InChI is InChI=1S/C34H53N5O7/c1-8-10-11-22(27(41)30(43)35-15-14-24(40)46-9-2)36-29(42)26-25-21(34(25,6)7)18-39(26)31(44)28(33(3,4)5)38-32(45)37-23-17-19-12-13-20(23)16-19/h8,19-23,25-26,28H,1,9-18H2,2-7H3,(H,35,43)(H,36,42)(H2,37,38,45)/t19?,20?,21?,22?,23?,25-,26-,28+/m0/s1. The van der Waals surface area contributed by atoms with Crippen LogP contribution in [0, 0.1) is 34.5 Å². The van der Waals surface area contributed by atoms with Gasteiger partial charge >= 0.3 is 12.0 Å². The van der Waals surface area contributed by atoms with Crippen molar-refractivity contribution in [2.75, 3.05) is 19.7 Å². The molecule has 5 amide bonds. The molecule has 5 unspecified atom stereocenters. The number of likely N-dealkylation sites (tertiary alicyclic amines) is 1. The Balaban J connectivity index is 1.46. The highest BCUT2D eigenvalue weighted by molar-refractivity contribution is 6.38. The fourth-order valence-electron chi connectivity index (χ4n) is 7.96. The summed E-state index contributed by atoms with van der Waals surface area (Å²) in [5, 5.41) is 11.3.